The van der Waals surface area contributed by atoms with Crippen LogP contribution in [0.3, 0.4) is 0 Å². The minimum absolute atomic E-state index is 0.153. The first-order valence-corrected chi connectivity index (χ1v) is 7.54. The molecule has 0 spiro atoms. The summed E-state index contributed by atoms with van der Waals surface area (Å²) < 4.78 is 11.0. The molecule has 1 N–H and O–H groups in total. The van der Waals surface area contributed by atoms with E-state index in [0.717, 1.165) is 5.56 Å². The molecule has 2 aromatic carbocycles. The van der Waals surface area contributed by atoms with Crippen LogP contribution in [0.4, 0.5) is 5.69 Å². The Balaban J connectivity index is 1.74. The van der Waals surface area contributed by atoms with E-state index in [9.17, 15) is 14.9 Å². The van der Waals surface area contributed by atoms with Crippen LogP contribution in [0, 0.1) is 10.1 Å². The van der Waals surface area contributed by atoms with Crippen LogP contribution in [-0.4, -0.2) is 29.8 Å². The predicted molar refractivity (Wildman–Crippen MR) is 90.2 cm³/mol. The number of carbonyl (C=O) groups excluding carboxylic acids is 1. The third kappa shape index (κ3) is 3.74. The highest BCUT2D eigenvalue weighted by molar-refractivity contribution is 6.01. The minimum atomic E-state index is -0.555. The van der Waals surface area contributed by atoms with E-state index < -0.39 is 10.8 Å². The van der Waals surface area contributed by atoms with Crippen LogP contribution in [0.15, 0.2) is 47.6 Å². The maximum absolute atomic E-state index is 12.1. The highest BCUT2D eigenvalue weighted by atomic mass is 16.6. The third-order valence-electron chi connectivity index (χ3n) is 3.60. The summed E-state index contributed by atoms with van der Waals surface area (Å²) in [6, 6.07) is 10.8. The van der Waals surface area contributed by atoms with Crippen molar-refractivity contribution in [2.75, 3.05) is 13.2 Å². The number of hydrogen-bond donors (Lipinski definition) is 1. The van der Waals surface area contributed by atoms with Crippen molar-refractivity contribution in [3.05, 3.63) is 63.7 Å². The third-order valence-corrected chi connectivity index (χ3v) is 3.60. The van der Waals surface area contributed by atoms with Crippen LogP contribution in [-0.2, 0) is 0 Å². The van der Waals surface area contributed by atoms with Crippen LogP contribution in [0.5, 0.6) is 11.5 Å². The lowest BCUT2D eigenvalue weighted by molar-refractivity contribution is -0.384. The molecule has 0 aromatic heterocycles. The minimum Gasteiger partial charge on any atom is -0.486 e. The van der Waals surface area contributed by atoms with Gasteiger partial charge in [-0.1, -0.05) is 6.07 Å². The van der Waals surface area contributed by atoms with E-state index in [0.29, 0.717) is 30.4 Å². The van der Waals surface area contributed by atoms with Crippen LogP contribution < -0.4 is 14.9 Å². The second kappa shape index (κ2) is 7.00. The van der Waals surface area contributed by atoms with Crippen LogP contribution >= 0.6 is 0 Å². The number of fused-ring (bicyclic) bond motifs is 1. The number of nitro benzene ring substituents is 1. The fourth-order valence-electron chi connectivity index (χ4n) is 2.29. The number of non-ortho nitro benzene ring substituents is 1. The summed E-state index contributed by atoms with van der Waals surface area (Å²) in [7, 11) is 0. The smallest absolute Gasteiger partial charge is 0.271 e. The Kier molecular flexibility index (Phi) is 4.60. The average Bonchev–Trinajstić information content (AvgIpc) is 2.65. The Morgan fingerprint density at radius 3 is 2.64 bits per heavy atom. The molecule has 1 aliphatic rings. The standard InChI is InChI=1S/C17H15N3O5/c1-11(12-5-6-15-16(10-12)25-8-7-24-15)18-19-17(21)13-3-2-4-14(9-13)20(22)23/h2-6,9-10H,7-8H2,1H3,(H,19,21)/b18-11-. The van der Waals surface area contributed by atoms with Gasteiger partial charge in [0.1, 0.15) is 13.2 Å². The van der Waals surface area contributed by atoms with Crippen LogP contribution in [0.1, 0.15) is 22.8 Å². The molecule has 1 aliphatic heterocycles. The Labute approximate surface area is 143 Å². The summed E-state index contributed by atoms with van der Waals surface area (Å²) in [5.74, 6) is 0.771. The van der Waals surface area contributed by atoms with Gasteiger partial charge in [-0.05, 0) is 31.2 Å². The SMILES string of the molecule is C/C(=N/NC(=O)c1cccc([N+](=O)[O-])c1)c1ccc2c(c1)OCCO2. The molecule has 0 atom stereocenters. The summed E-state index contributed by atoms with van der Waals surface area (Å²) >= 11 is 0. The van der Waals surface area contributed by atoms with Gasteiger partial charge in [-0.2, -0.15) is 5.10 Å². The Bertz CT molecular complexity index is 863. The Morgan fingerprint density at radius 2 is 1.88 bits per heavy atom. The normalized spacial score (nSPS) is 13.2. The number of amides is 1. The zero-order valence-electron chi connectivity index (χ0n) is 13.4. The number of nitrogens with one attached hydrogen (secondary N) is 1. The summed E-state index contributed by atoms with van der Waals surface area (Å²) in [5, 5.41) is 14.8. The van der Waals surface area contributed by atoms with E-state index >= 15 is 0 Å². The van der Waals surface area contributed by atoms with E-state index in [1.807, 2.05) is 6.07 Å². The van der Waals surface area contributed by atoms with Gasteiger partial charge >= 0.3 is 0 Å². The summed E-state index contributed by atoms with van der Waals surface area (Å²) in [6.07, 6.45) is 0. The summed E-state index contributed by atoms with van der Waals surface area (Å²) in [4.78, 5) is 22.3. The zero-order valence-corrected chi connectivity index (χ0v) is 13.4. The number of benzene rings is 2. The van der Waals surface area contributed by atoms with Gasteiger partial charge in [-0.15, -0.1) is 0 Å². The van der Waals surface area contributed by atoms with Crippen molar-refractivity contribution in [1.29, 1.82) is 0 Å². The first kappa shape index (κ1) is 16.4. The number of hydrazone groups is 1. The van der Waals surface area contributed by atoms with E-state index in [4.69, 9.17) is 9.47 Å². The zero-order chi connectivity index (χ0) is 17.8. The number of carbonyl (C=O) groups is 1. The number of hydrogen-bond acceptors (Lipinski definition) is 6. The monoisotopic (exact) mass is 341 g/mol. The molecule has 0 aliphatic carbocycles. The molecule has 3 rings (SSSR count). The molecule has 8 heteroatoms. The molecule has 25 heavy (non-hydrogen) atoms. The predicted octanol–water partition coefficient (Wildman–Crippen LogP) is 2.52. The van der Waals surface area contributed by atoms with Crippen molar-refractivity contribution in [1.82, 2.24) is 5.43 Å². The molecule has 0 unspecified atom stereocenters. The topological polar surface area (TPSA) is 103 Å². The number of nitro groups is 1. The lowest BCUT2D eigenvalue weighted by atomic mass is 10.1. The molecule has 1 amide bonds. The first-order valence-electron chi connectivity index (χ1n) is 7.54. The molecular weight excluding hydrogens is 326 g/mol. The average molecular weight is 341 g/mol. The fraction of sp³-hybridized carbons (Fsp3) is 0.176. The van der Waals surface area contributed by atoms with Crippen LogP contribution in [0.25, 0.3) is 0 Å². The van der Waals surface area contributed by atoms with Crippen molar-refractivity contribution in [2.45, 2.75) is 6.92 Å². The fourth-order valence-corrected chi connectivity index (χ4v) is 2.29. The van der Waals surface area contributed by atoms with Gasteiger partial charge in [0.05, 0.1) is 10.6 Å². The Hall–Kier alpha value is -3.42. The molecule has 128 valence electrons. The quantitative estimate of drug-likeness (QED) is 0.523. The molecule has 0 bridgehead atoms. The van der Waals surface area contributed by atoms with Gasteiger partial charge in [-0.3, -0.25) is 14.9 Å². The van der Waals surface area contributed by atoms with E-state index in [1.54, 1.807) is 19.1 Å². The first-order chi connectivity index (χ1) is 12.0. The van der Waals surface area contributed by atoms with Gasteiger partial charge in [0.25, 0.3) is 11.6 Å². The molecular formula is C17H15N3O5. The summed E-state index contributed by atoms with van der Waals surface area (Å²) in [6.45, 7) is 2.73. The molecule has 0 fully saturated rings. The lowest BCUT2D eigenvalue weighted by Gasteiger charge is -2.18. The second-order valence-electron chi connectivity index (χ2n) is 5.30. The highest BCUT2D eigenvalue weighted by Gasteiger charge is 2.14. The number of rotatable bonds is 4. The Morgan fingerprint density at radius 1 is 1.12 bits per heavy atom. The molecule has 0 saturated carbocycles. The summed E-state index contributed by atoms with van der Waals surface area (Å²) in [5.41, 5.74) is 3.74. The molecule has 8 nitrogen and oxygen atoms in total. The van der Waals surface area contributed by atoms with Crippen LogP contribution in [0.2, 0.25) is 0 Å². The molecule has 1 heterocycles. The maximum Gasteiger partial charge on any atom is 0.271 e. The van der Waals surface area contributed by atoms with E-state index in [-0.39, 0.29) is 11.3 Å². The van der Waals surface area contributed by atoms with Crippen molar-refractivity contribution in [3.63, 3.8) is 0 Å². The largest absolute Gasteiger partial charge is 0.486 e. The number of ether oxygens (including phenoxy) is 2. The van der Waals surface area contributed by atoms with Gasteiger partial charge in [0.15, 0.2) is 11.5 Å². The van der Waals surface area contributed by atoms with Crippen molar-refractivity contribution in [3.8, 4) is 11.5 Å². The highest BCUT2D eigenvalue weighted by Crippen LogP contribution is 2.30. The van der Waals surface area contributed by atoms with Gasteiger partial charge in [0.2, 0.25) is 0 Å². The molecule has 2 aromatic rings. The lowest BCUT2D eigenvalue weighted by Crippen LogP contribution is -2.19. The van der Waals surface area contributed by atoms with Crippen molar-refractivity contribution >= 4 is 17.3 Å². The van der Waals surface area contributed by atoms with Gasteiger partial charge in [0, 0.05) is 23.3 Å². The van der Waals surface area contributed by atoms with Gasteiger partial charge in [-0.25, -0.2) is 5.43 Å². The van der Waals surface area contributed by atoms with Gasteiger partial charge < -0.3 is 9.47 Å². The molecule has 0 radical (unpaired) electrons. The van der Waals surface area contributed by atoms with Crippen molar-refractivity contribution in [2.24, 2.45) is 5.10 Å². The number of nitrogens with zero attached hydrogens (tertiary/aromatic N) is 2. The second-order valence-corrected chi connectivity index (χ2v) is 5.30. The van der Waals surface area contributed by atoms with E-state index in [1.165, 1.54) is 24.3 Å². The van der Waals surface area contributed by atoms with E-state index in [2.05, 4.69) is 10.5 Å². The van der Waals surface area contributed by atoms with Crippen molar-refractivity contribution < 1.29 is 19.2 Å². The molecule has 0 saturated heterocycles. The maximum atomic E-state index is 12.1.